The zero-order valence-electron chi connectivity index (χ0n) is 10.6. The standard InChI is InChI=1S/C15H11BrO4/c1-19-15(18)14-8-6-12(20-14)5-7-13(17)10-3-2-4-11(16)9-10/h2-9H,1H3/b7-5+. The first kappa shape index (κ1) is 14.3. The molecule has 0 aliphatic rings. The molecule has 2 aromatic rings. The fourth-order valence-electron chi connectivity index (χ4n) is 1.55. The highest BCUT2D eigenvalue weighted by Crippen LogP contribution is 2.14. The Hall–Kier alpha value is -2.14. The predicted octanol–water partition coefficient (Wildman–Crippen LogP) is 3.72. The number of ether oxygens (including phenoxy) is 1. The van der Waals surface area contributed by atoms with E-state index in [1.807, 2.05) is 6.07 Å². The molecule has 0 fully saturated rings. The van der Waals surface area contributed by atoms with Gasteiger partial charge < -0.3 is 9.15 Å². The van der Waals surface area contributed by atoms with Crippen molar-refractivity contribution in [1.82, 2.24) is 0 Å². The van der Waals surface area contributed by atoms with Crippen LogP contribution in [0.5, 0.6) is 0 Å². The number of hydrogen-bond donors (Lipinski definition) is 0. The second-order valence-electron chi connectivity index (χ2n) is 3.90. The SMILES string of the molecule is COC(=O)c1ccc(/C=C/C(=O)c2cccc(Br)c2)o1. The van der Waals surface area contributed by atoms with Crippen molar-refractivity contribution in [2.24, 2.45) is 0 Å². The van der Waals surface area contributed by atoms with Gasteiger partial charge in [0.2, 0.25) is 5.76 Å². The number of furan rings is 1. The minimum absolute atomic E-state index is 0.0991. The van der Waals surface area contributed by atoms with Gasteiger partial charge in [-0.05, 0) is 36.4 Å². The van der Waals surface area contributed by atoms with Crippen molar-refractivity contribution < 1.29 is 18.7 Å². The summed E-state index contributed by atoms with van der Waals surface area (Å²) in [4.78, 5) is 23.1. The van der Waals surface area contributed by atoms with Gasteiger partial charge in [-0.3, -0.25) is 4.79 Å². The number of carbonyl (C=O) groups is 2. The van der Waals surface area contributed by atoms with Crippen molar-refractivity contribution in [2.75, 3.05) is 7.11 Å². The van der Waals surface area contributed by atoms with Gasteiger partial charge in [-0.1, -0.05) is 28.1 Å². The second kappa shape index (κ2) is 6.34. The molecule has 0 N–H and O–H groups in total. The molecule has 0 spiro atoms. The monoisotopic (exact) mass is 334 g/mol. The minimum atomic E-state index is -0.553. The molecular weight excluding hydrogens is 324 g/mol. The molecule has 0 bridgehead atoms. The summed E-state index contributed by atoms with van der Waals surface area (Å²) >= 11 is 3.31. The number of rotatable bonds is 4. The quantitative estimate of drug-likeness (QED) is 0.485. The molecule has 0 radical (unpaired) electrons. The van der Waals surface area contributed by atoms with Gasteiger partial charge >= 0.3 is 5.97 Å². The molecule has 0 aliphatic heterocycles. The fourth-order valence-corrected chi connectivity index (χ4v) is 1.95. The maximum absolute atomic E-state index is 11.9. The van der Waals surface area contributed by atoms with Crippen molar-refractivity contribution in [1.29, 1.82) is 0 Å². The van der Waals surface area contributed by atoms with Crippen molar-refractivity contribution in [2.45, 2.75) is 0 Å². The number of carbonyl (C=O) groups excluding carboxylic acids is 2. The Morgan fingerprint density at radius 2 is 2.05 bits per heavy atom. The molecule has 0 aliphatic carbocycles. The van der Waals surface area contributed by atoms with E-state index >= 15 is 0 Å². The molecule has 20 heavy (non-hydrogen) atoms. The van der Waals surface area contributed by atoms with Crippen LogP contribution < -0.4 is 0 Å². The van der Waals surface area contributed by atoms with Crippen LogP contribution >= 0.6 is 15.9 Å². The molecule has 0 unspecified atom stereocenters. The molecule has 5 heteroatoms. The van der Waals surface area contributed by atoms with Crippen LogP contribution in [0.15, 0.2) is 51.4 Å². The zero-order valence-corrected chi connectivity index (χ0v) is 12.2. The van der Waals surface area contributed by atoms with Gasteiger partial charge in [0.25, 0.3) is 0 Å². The second-order valence-corrected chi connectivity index (χ2v) is 4.82. The zero-order chi connectivity index (χ0) is 14.5. The number of ketones is 1. The summed E-state index contributed by atoms with van der Waals surface area (Å²) in [6.45, 7) is 0. The maximum atomic E-state index is 11.9. The first-order chi connectivity index (χ1) is 9.60. The van der Waals surface area contributed by atoms with Crippen molar-refractivity contribution in [3.05, 3.63) is 64.0 Å². The molecule has 1 heterocycles. The van der Waals surface area contributed by atoms with Crippen LogP contribution in [0.3, 0.4) is 0 Å². The van der Waals surface area contributed by atoms with Gasteiger partial charge in [-0.25, -0.2) is 4.79 Å². The van der Waals surface area contributed by atoms with Crippen molar-refractivity contribution in [3.63, 3.8) is 0 Å². The topological polar surface area (TPSA) is 56.5 Å². The van der Waals surface area contributed by atoms with Gasteiger partial charge in [-0.2, -0.15) is 0 Å². The molecule has 0 amide bonds. The lowest BCUT2D eigenvalue weighted by atomic mass is 10.1. The maximum Gasteiger partial charge on any atom is 0.373 e. The Morgan fingerprint density at radius 3 is 2.75 bits per heavy atom. The molecular formula is C15H11BrO4. The number of halogens is 1. The molecule has 1 aromatic carbocycles. The van der Waals surface area contributed by atoms with E-state index < -0.39 is 5.97 Å². The lowest BCUT2D eigenvalue weighted by Crippen LogP contribution is -1.98. The van der Waals surface area contributed by atoms with Crippen LogP contribution in [0.4, 0.5) is 0 Å². The number of benzene rings is 1. The van der Waals surface area contributed by atoms with Gasteiger partial charge in [0.1, 0.15) is 5.76 Å². The predicted molar refractivity (Wildman–Crippen MR) is 77.6 cm³/mol. The van der Waals surface area contributed by atoms with Crippen LogP contribution in [-0.4, -0.2) is 18.9 Å². The Balaban J connectivity index is 2.11. The third kappa shape index (κ3) is 3.45. The van der Waals surface area contributed by atoms with E-state index in [-0.39, 0.29) is 11.5 Å². The van der Waals surface area contributed by atoms with Crippen molar-refractivity contribution >= 4 is 33.8 Å². The van der Waals surface area contributed by atoms with Crippen LogP contribution in [0.1, 0.15) is 26.7 Å². The van der Waals surface area contributed by atoms with Gasteiger partial charge in [-0.15, -0.1) is 0 Å². The van der Waals surface area contributed by atoms with E-state index in [1.54, 1.807) is 24.3 Å². The lowest BCUT2D eigenvalue weighted by molar-refractivity contribution is 0.0564. The summed E-state index contributed by atoms with van der Waals surface area (Å²) in [5, 5.41) is 0. The normalized spacial score (nSPS) is 10.7. The first-order valence-corrected chi connectivity index (χ1v) is 6.55. The average Bonchev–Trinajstić information content (AvgIpc) is 2.92. The van der Waals surface area contributed by atoms with Gasteiger partial charge in [0.05, 0.1) is 7.11 Å². The molecule has 102 valence electrons. The number of allylic oxidation sites excluding steroid dienone is 1. The number of hydrogen-bond acceptors (Lipinski definition) is 4. The van der Waals surface area contributed by atoms with E-state index in [9.17, 15) is 9.59 Å². The first-order valence-electron chi connectivity index (χ1n) is 5.76. The third-order valence-corrected chi connectivity index (χ3v) is 3.01. The Bertz CT molecular complexity index is 670. The number of methoxy groups -OCH3 is 1. The highest BCUT2D eigenvalue weighted by atomic mass is 79.9. The minimum Gasteiger partial charge on any atom is -0.463 e. The van der Waals surface area contributed by atoms with E-state index in [0.717, 1.165) is 4.47 Å². The Labute approximate surface area is 124 Å². The number of esters is 1. The average molecular weight is 335 g/mol. The Kier molecular flexibility index (Phi) is 4.53. The molecule has 1 aromatic heterocycles. The van der Waals surface area contributed by atoms with Crippen LogP contribution in [0.2, 0.25) is 0 Å². The fraction of sp³-hybridized carbons (Fsp3) is 0.0667. The molecule has 0 saturated heterocycles. The van der Waals surface area contributed by atoms with Crippen LogP contribution in [0, 0.1) is 0 Å². The summed E-state index contributed by atoms with van der Waals surface area (Å²) in [7, 11) is 1.27. The van der Waals surface area contributed by atoms with E-state index in [2.05, 4.69) is 20.7 Å². The van der Waals surface area contributed by atoms with Gasteiger partial charge in [0, 0.05) is 10.0 Å². The summed E-state index contributed by atoms with van der Waals surface area (Å²) in [6.07, 6.45) is 2.90. The van der Waals surface area contributed by atoms with E-state index in [0.29, 0.717) is 11.3 Å². The lowest BCUT2D eigenvalue weighted by Gasteiger charge is -1.96. The van der Waals surface area contributed by atoms with Gasteiger partial charge in [0.15, 0.2) is 5.78 Å². The van der Waals surface area contributed by atoms with E-state index in [1.165, 1.54) is 25.3 Å². The molecule has 0 atom stereocenters. The molecule has 2 rings (SSSR count). The molecule has 4 nitrogen and oxygen atoms in total. The summed E-state index contributed by atoms with van der Waals surface area (Å²) < 4.78 is 10.6. The summed E-state index contributed by atoms with van der Waals surface area (Å²) in [6, 6.07) is 10.2. The smallest absolute Gasteiger partial charge is 0.373 e. The Morgan fingerprint density at radius 1 is 1.25 bits per heavy atom. The highest BCUT2D eigenvalue weighted by molar-refractivity contribution is 9.10. The van der Waals surface area contributed by atoms with Crippen LogP contribution in [0.25, 0.3) is 6.08 Å². The van der Waals surface area contributed by atoms with Crippen LogP contribution in [-0.2, 0) is 4.74 Å². The summed E-state index contributed by atoms with van der Waals surface area (Å²) in [5.41, 5.74) is 0.565. The summed E-state index contributed by atoms with van der Waals surface area (Å²) in [5.74, 6) is -0.193. The third-order valence-electron chi connectivity index (χ3n) is 2.52. The van der Waals surface area contributed by atoms with Crippen molar-refractivity contribution in [3.8, 4) is 0 Å². The largest absolute Gasteiger partial charge is 0.463 e. The highest BCUT2D eigenvalue weighted by Gasteiger charge is 2.10. The van der Waals surface area contributed by atoms with E-state index in [4.69, 9.17) is 4.42 Å². The molecule has 0 saturated carbocycles.